The average molecular weight is 508 g/mol. The van der Waals surface area contributed by atoms with Gasteiger partial charge >= 0.3 is 12.1 Å². The number of hydrogen-bond donors (Lipinski definition) is 2. The maximum absolute atomic E-state index is 12.7. The Hall–Kier alpha value is -3.63. The van der Waals surface area contributed by atoms with Crippen LogP contribution in [0.15, 0.2) is 48.8 Å². The van der Waals surface area contributed by atoms with Crippen molar-refractivity contribution >= 4 is 23.5 Å². The lowest BCUT2D eigenvalue weighted by Gasteiger charge is -2.47. The first kappa shape index (κ1) is 27.0. The second-order valence-electron chi connectivity index (χ2n) is 8.76. The van der Waals surface area contributed by atoms with Gasteiger partial charge in [-0.25, -0.2) is 4.79 Å². The van der Waals surface area contributed by atoms with E-state index in [1.165, 1.54) is 0 Å². The molecule has 1 saturated heterocycles. The number of rotatable bonds is 4. The number of alkyl halides is 3. The minimum absolute atomic E-state index is 0.0200. The fourth-order valence-corrected chi connectivity index (χ4v) is 4.49. The molecule has 1 unspecified atom stereocenters. The third-order valence-electron chi connectivity index (χ3n) is 6.25. The van der Waals surface area contributed by atoms with Crippen molar-refractivity contribution in [2.24, 2.45) is 0 Å². The topological polar surface area (TPSA) is 109 Å². The number of carboxylic acid groups (broad SMARTS) is 1. The number of carbonyl (C=O) groups excluding carboxylic acids is 2. The fourth-order valence-electron chi connectivity index (χ4n) is 4.49. The number of benzene rings is 1. The quantitative estimate of drug-likeness (QED) is 0.636. The molecule has 2 aromatic rings. The number of carbonyl (C=O) groups is 3. The van der Waals surface area contributed by atoms with E-state index in [-0.39, 0.29) is 23.3 Å². The maximum Gasteiger partial charge on any atom is 0.490 e. The van der Waals surface area contributed by atoms with Gasteiger partial charge in [0.2, 0.25) is 11.8 Å². The Kier molecular flexibility index (Phi) is 8.54. The van der Waals surface area contributed by atoms with Crippen molar-refractivity contribution in [1.82, 2.24) is 9.88 Å². The number of pyridine rings is 1. The molecule has 0 radical (unpaired) electrons. The van der Waals surface area contributed by atoms with Crippen molar-refractivity contribution < 1.29 is 37.4 Å². The summed E-state index contributed by atoms with van der Waals surface area (Å²) < 4.78 is 38.2. The van der Waals surface area contributed by atoms with Crippen LogP contribution in [0.2, 0.25) is 0 Å². The van der Waals surface area contributed by atoms with E-state index < -0.39 is 12.1 Å². The molecule has 11 heteroatoms. The third-order valence-corrected chi connectivity index (χ3v) is 6.25. The highest BCUT2D eigenvalue weighted by Crippen LogP contribution is 2.46. The van der Waals surface area contributed by atoms with E-state index in [1.807, 2.05) is 36.1 Å². The van der Waals surface area contributed by atoms with Crippen LogP contribution in [0.1, 0.15) is 50.5 Å². The van der Waals surface area contributed by atoms with E-state index in [4.69, 9.17) is 14.6 Å². The molecule has 1 aromatic heterocycles. The van der Waals surface area contributed by atoms with Gasteiger partial charge in [0.15, 0.2) is 0 Å². The lowest BCUT2D eigenvalue weighted by Crippen LogP contribution is -2.51. The van der Waals surface area contributed by atoms with Gasteiger partial charge in [-0.1, -0.05) is 25.1 Å². The molecule has 2 aliphatic rings. The molecule has 1 fully saturated rings. The number of hydrogen-bond acceptors (Lipinski definition) is 5. The van der Waals surface area contributed by atoms with Crippen LogP contribution < -0.4 is 10.1 Å². The highest BCUT2D eigenvalue weighted by Gasteiger charge is 2.44. The van der Waals surface area contributed by atoms with Gasteiger partial charge in [-0.15, -0.1) is 0 Å². The molecule has 36 heavy (non-hydrogen) atoms. The smallest absolute Gasteiger partial charge is 0.487 e. The van der Waals surface area contributed by atoms with Gasteiger partial charge < -0.3 is 20.1 Å². The van der Waals surface area contributed by atoms with Crippen LogP contribution in [0.5, 0.6) is 5.75 Å². The molecule has 1 spiro atoms. The van der Waals surface area contributed by atoms with Crippen LogP contribution in [0.25, 0.3) is 0 Å². The number of ether oxygens (including phenoxy) is 1. The molecule has 1 aromatic carbocycles. The lowest BCUT2D eigenvalue weighted by atomic mass is 9.76. The first-order valence-corrected chi connectivity index (χ1v) is 11.6. The van der Waals surface area contributed by atoms with Crippen molar-refractivity contribution in [3.63, 3.8) is 0 Å². The predicted octanol–water partition coefficient (Wildman–Crippen LogP) is 4.38. The Labute approximate surface area is 206 Å². The molecular weight excluding hydrogens is 479 g/mol. The molecule has 0 bridgehead atoms. The summed E-state index contributed by atoms with van der Waals surface area (Å²) in [7, 11) is 0. The minimum atomic E-state index is -5.08. The first-order valence-electron chi connectivity index (χ1n) is 11.6. The van der Waals surface area contributed by atoms with Crippen LogP contribution >= 0.6 is 0 Å². The molecule has 2 N–H and O–H groups in total. The van der Waals surface area contributed by atoms with Crippen molar-refractivity contribution in [2.45, 2.75) is 56.7 Å². The number of anilines is 1. The fraction of sp³-hybridized carbons (Fsp3) is 0.440. The normalized spacial score (nSPS) is 18.2. The predicted molar refractivity (Wildman–Crippen MR) is 124 cm³/mol. The second kappa shape index (κ2) is 11.4. The summed E-state index contributed by atoms with van der Waals surface area (Å²) in [5.74, 6) is -1.62. The van der Waals surface area contributed by atoms with Crippen molar-refractivity contribution in [2.75, 3.05) is 18.4 Å². The number of para-hydroxylation sites is 1. The van der Waals surface area contributed by atoms with Crippen molar-refractivity contribution in [3.8, 4) is 5.75 Å². The number of piperidine rings is 1. The van der Waals surface area contributed by atoms with E-state index in [1.54, 1.807) is 18.5 Å². The van der Waals surface area contributed by atoms with Crippen LogP contribution in [-0.2, 0) is 14.4 Å². The summed E-state index contributed by atoms with van der Waals surface area (Å²) in [6, 6.07) is 11.7. The lowest BCUT2D eigenvalue weighted by molar-refractivity contribution is -0.192. The third kappa shape index (κ3) is 6.96. The number of nitrogens with one attached hydrogen (secondary N) is 1. The zero-order valence-corrected chi connectivity index (χ0v) is 19.8. The number of nitrogens with zero attached hydrogens (tertiary/aromatic N) is 2. The zero-order valence-electron chi connectivity index (χ0n) is 19.8. The molecule has 2 amide bonds. The summed E-state index contributed by atoms with van der Waals surface area (Å²) >= 11 is 0. The molecular formula is C25H28F3N3O5. The Morgan fingerprint density at radius 2 is 1.83 bits per heavy atom. The van der Waals surface area contributed by atoms with E-state index >= 15 is 0 Å². The number of carboxylic acids is 1. The van der Waals surface area contributed by atoms with E-state index in [9.17, 15) is 22.8 Å². The molecule has 0 saturated carbocycles. The highest BCUT2D eigenvalue weighted by molar-refractivity contribution is 5.91. The number of likely N-dealkylation sites (tertiary alicyclic amines) is 1. The summed E-state index contributed by atoms with van der Waals surface area (Å²) in [5.41, 5.74) is 1.49. The van der Waals surface area contributed by atoms with Crippen molar-refractivity contribution in [3.05, 3.63) is 54.4 Å². The summed E-state index contributed by atoms with van der Waals surface area (Å²) in [5, 5.41) is 10.1. The largest absolute Gasteiger partial charge is 0.490 e. The van der Waals surface area contributed by atoms with Crippen LogP contribution in [0.4, 0.5) is 18.9 Å². The van der Waals surface area contributed by atoms with Crippen LogP contribution in [-0.4, -0.2) is 57.6 Å². The van der Waals surface area contributed by atoms with Gasteiger partial charge in [0.25, 0.3) is 0 Å². The second-order valence-corrected chi connectivity index (χ2v) is 8.76. The van der Waals surface area contributed by atoms with Gasteiger partial charge in [0, 0.05) is 50.9 Å². The minimum Gasteiger partial charge on any atom is -0.487 e. The number of fused-ring (bicyclic) bond motifs is 1. The van der Waals surface area contributed by atoms with Gasteiger partial charge in [0.05, 0.1) is 11.9 Å². The highest BCUT2D eigenvalue weighted by atomic mass is 19.4. The maximum atomic E-state index is 12.7. The van der Waals surface area contributed by atoms with Gasteiger partial charge in [0.1, 0.15) is 11.4 Å². The molecule has 8 nitrogen and oxygen atoms in total. The van der Waals surface area contributed by atoms with E-state index in [0.29, 0.717) is 31.6 Å². The van der Waals surface area contributed by atoms with Gasteiger partial charge in [-0.2, -0.15) is 13.2 Å². The molecule has 2 aliphatic heterocycles. The van der Waals surface area contributed by atoms with Gasteiger partial charge in [-0.05, 0) is 30.2 Å². The Bertz CT molecular complexity index is 1070. The summed E-state index contributed by atoms with van der Waals surface area (Å²) in [6.45, 7) is 3.32. The van der Waals surface area contributed by atoms with E-state index in [2.05, 4.69) is 16.4 Å². The monoisotopic (exact) mass is 507 g/mol. The number of amides is 2. The zero-order chi connectivity index (χ0) is 26.3. The van der Waals surface area contributed by atoms with Crippen molar-refractivity contribution in [1.29, 1.82) is 0 Å². The molecule has 3 heterocycles. The number of aromatic nitrogens is 1. The number of halogens is 3. The number of aliphatic carboxylic acids is 1. The molecule has 194 valence electrons. The summed E-state index contributed by atoms with van der Waals surface area (Å²) in [4.78, 5) is 39.6. The SMILES string of the molecule is CCC(=O)N1CCC2(CC1)CC(CC(=O)Nc1cccnc1)c1ccccc1O2.O=C(O)C(F)(F)F. The van der Waals surface area contributed by atoms with E-state index in [0.717, 1.165) is 30.6 Å². The Morgan fingerprint density at radius 3 is 2.42 bits per heavy atom. The van der Waals surface area contributed by atoms with Crippen LogP contribution in [0.3, 0.4) is 0 Å². The standard InChI is InChI=1S/C23H27N3O3.C2HF3O2/c1-2-22(28)26-12-9-23(10-13-26)15-17(19-7-3-4-8-20(19)29-23)14-21(27)25-18-6-5-11-24-16-18;3-2(4,5)1(6)7/h3-8,11,16-17H,2,9-10,12-15H2,1H3,(H,25,27);(H,6,7). The molecule has 1 atom stereocenters. The molecule has 4 rings (SSSR count). The molecule has 0 aliphatic carbocycles. The Morgan fingerprint density at radius 1 is 1.17 bits per heavy atom. The van der Waals surface area contributed by atoms with Crippen LogP contribution in [0, 0.1) is 0 Å². The Balaban J connectivity index is 0.000000454. The summed E-state index contributed by atoms with van der Waals surface area (Å²) in [6.07, 6.45) is 1.57. The first-order chi connectivity index (χ1) is 17.0. The average Bonchev–Trinajstić information content (AvgIpc) is 2.84. The van der Waals surface area contributed by atoms with Gasteiger partial charge in [-0.3, -0.25) is 14.6 Å².